The Kier molecular flexibility index (Phi) is 56.5. The summed E-state index contributed by atoms with van der Waals surface area (Å²) in [5.74, 6) is -0.104. The van der Waals surface area contributed by atoms with Gasteiger partial charge in [-0.15, -0.1) is 0 Å². The SMILES string of the molecule is CCCCCCCCCCCCCCCCCCC/C=C/C(O)C(CO)NC(=O)CCCCC/C=C\CCCCCCCCOC(=O)CCCCCCCCCCCCCCCCCCCCC. The summed E-state index contributed by atoms with van der Waals surface area (Å²) in [6.45, 7) is 4.89. The largest absolute Gasteiger partial charge is 0.466 e. The Balaban J connectivity index is 3.49. The molecule has 2 unspecified atom stereocenters. The van der Waals surface area contributed by atoms with Crippen molar-refractivity contribution < 1.29 is 24.5 Å². The minimum absolute atomic E-state index is 0.00871. The molecule has 0 aromatic rings. The zero-order chi connectivity index (χ0) is 49.3. The molecule has 0 saturated carbocycles. The highest BCUT2D eigenvalue weighted by molar-refractivity contribution is 5.76. The lowest BCUT2D eigenvalue weighted by atomic mass is 10.0. The van der Waals surface area contributed by atoms with E-state index >= 15 is 0 Å². The molecule has 0 aromatic carbocycles. The summed E-state index contributed by atoms with van der Waals surface area (Å²) in [5.41, 5.74) is 0. The van der Waals surface area contributed by atoms with E-state index in [1.807, 2.05) is 6.08 Å². The highest BCUT2D eigenvalue weighted by atomic mass is 16.5. The number of amides is 1. The first-order valence-electron chi connectivity index (χ1n) is 30.6. The second-order valence-electron chi connectivity index (χ2n) is 21.0. The summed E-state index contributed by atoms with van der Waals surface area (Å²) < 4.78 is 5.48. The fourth-order valence-electron chi connectivity index (χ4n) is 9.51. The van der Waals surface area contributed by atoms with E-state index in [2.05, 4.69) is 31.3 Å². The second kappa shape index (κ2) is 57.9. The van der Waals surface area contributed by atoms with E-state index in [0.717, 1.165) is 70.6 Å². The van der Waals surface area contributed by atoms with Crippen LogP contribution in [0.25, 0.3) is 0 Å². The van der Waals surface area contributed by atoms with E-state index in [-0.39, 0.29) is 18.5 Å². The summed E-state index contributed by atoms with van der Waals surface area (Å²) in [6.07, 6.45) is 70.7. The number of allylic oxidation sites excluding steroid dienone is 3. The van der Waals surface area contributed by atoms with Crippen molar-refractivity contribution in [2.45, 2.75) is 347 Å². The lowest BCUT2D eigenvalue weighted by molar-refractivity contribution is -0.143. The Bertz CT molecular complexity index is 1060. The third-order valence-electron chi connectivity index (χ3n) is 14.2. The maximum Gasteiger partial charge on any atom is 0.305 e. The molecule has 6 heteroatoms. The average molecular weight is 959 g/mol. The number of unbranched alkanes of at least 4 members (excludes halogenated alkanes) is 44. The van der Waals surface area contributed by atoms with Gasteiger partial charge in [0.15, 0.2) is 0 Å². The van der Waals surface area contributed by atoms with Gasteiger partial charge in [0, 0.05) is 12.8 Å². The molecular formula is C62H119NO5. The van der Waals surface area contributed by atoms with E-state index < -0.39 is 12.1 Å². The van der Waals surface area contributed by atoms with Crippen LogP contribution in [0.1, 0.15) is 335 Å². The molecule has 402 valence electrons. The number of nitrogens with one attached hydrogen (secondary N) is 1. The molecule has 0 aromatic heterocycles. The van der Waals surface area contributed by atoms with E-state index in [1.54, 1.807) is 6.08 Å². The summed E-state index contributed by atoms with van der Waals surface area (Å²) in [7, 11) is 0. The van der Waals surface area contributed by atoms with Crippen molar-refractivity contribution in [2.24, 2.45) is 0 Å². The van der Waals surface area contributed by atoms with E-state index in [9.17, 15) is 19.8 Å². The van der Waals surface area contributed by atoms with Crippen LogP contribution < -0.4 is 5.32 Å². The molecule has 0 heterocycles. The summed E-state index contributed by atoms with van der Waals surface area (Å²) in [4.78, 5) is 24.6. The average Bonchev–Trinajstić information content (AvgIpc) is 3.34. The van der Waals surface area contributed by atoms with Crippen LogP contribution in [0.15, 0.2) is 24.3 Å². The molecule has 1 amide bonds. The van der Waals surface area contributed by atoms with Gasteiger partial charge in [0.25, 0.3) is 0 Å². The van der Waals surface area contributed by atoms with Gasteiger partial charge in [0.1, 0.15) is 0 Å². The highest BCUT2D eigenvalue weighted by Crippen LogP contribution is 2.17. The number of carbonyl (C=O) groups excluding carboxylic acids is 2. The molecule has 68 heavy (non-hydrogen) atoms. The number of rotatable bonds is 57. The van der Waals surface area contributed by atoms with Crippen LogP contribution in [0.2, 0.25) is 0 Å². The minimum Gasteiger partial charge on any atom is -0.466 e. The molecule has 0 spiro atoms. The zero-order valence-corrected chi connectivity index (χ0v) is 45.9. The molecule has 3 N–H and O–H groups in total. The summed E-state index contributed by atoms with van der Waals surface area (Å²) >= 11 is 0. The minimum atomic E-state index is -0.862. The number of hydrogen-bond acceptors (Lipinski definition) is 5. The zero-order valence-electron chi connectivity index (χ0n) is 45.9. The first-order valence-corrected chi connectivity index (χ1v) is 30.6. The number of aliphatic hydroxyl groups is 2. The van der Waals surface area contributed by atoms with Crippen molar-refractivity contribution in [2.75, 3.05) is 13.2 Å². The maximum absolute atomic E-state index is 12.5. The smallest absolute Gasteiger partial charge is 0.305 e. The number of carbonyl (C=O) groups is 2. The van der Waals surface area contributed by atoms with Crippen LogP contribution in [0.4, 0.5) is 0 Å². The van der Waals surface area contributed by atoms with Crippen LogP contribution in [-0.4, -0.2) is 47.4 Å². The van der Waals surface area contributed by atoms with E-state index in [0.29, 0.717) is 19.4 Å². The Morgan fingerprint density at radius 3 is 1.06 bits per heavy atom. The van der Waals surface area contributed by atoms with Gasteiger partial charge < -0.3 is 20.3 Å². The van der Waals surface area contributed by atoms with Crippen molar-refractivity contribution in [1.29, 1.82) is 0 Å². The standard InChI is InChI=1S/C62H119NO5/c1-3-5-7-9-11-13-15-17-19-21-23-25-27-30-34-38-42-46-50-54-60(65)59(58-64)63-61(66)55-51-47-43-39-35-31-29-33-37-41-45-49-53-57-68-62(67)56-52-48-44-40-36-32-28-26-24-22-20-18-16-14-12-10-8-6-4-2/h31,35,50,54,59-60,64-65H,3-30,32-34,36-49,51-53,55-58H2,1-2H3,(H,63,66)/b35-31-,54-50+. The molecule has 0 rings (SSSR count). The van der Waals surface area contributed by atoms with Gasteiger partial charge in [0.2, 0.25) is 5.91 Å². The van der Waals surface area contributed by atoms with Gasteiger partial charge in [0.05, 0.1) is 25.4 Å². The van der Waals surface area contributed by atoms with Gasteiger partial charge in [-0.1, -0.05) is 289 Å². The van der Waals surface area contributed by atoms with Crippen LogP contribution in [0, 0.1) is 0 Å². The number of aliphatic hydroxyl groups excluding tert-OH is 2. The first kappa shape index (κ1) is 66.3. The third-order valence-corrected chi connectivity index (χ3v) is 14.2. The predicted molar refractivity (Wildman–Crippen MR) is 296 cm³/mol. The van der Waals surface area contributed by atoms with Gasteiger partial charge in [-0.2, -0.15) is 0 Å². The molecule has 0 fully saturated rings. The molecule has 0 radical (unpaired) electrons. The van der Waals surface area contributed by atoms with Crippen LogP contribution in [0.3, 0.4) is 0 Å². The van der Waals surface area contributed by atoms with Crippen molar-refractivity contribution in [3.8, 4) is 0 Å². The lowest BCUT2D eigenvalue weighted by Crippen LogP contribution is -2.45. The van der Waals surface area contributed by atoms with Gasteiger partial charge in [-0.05, 0) is 57.8 Å². The van der Waals surface area contributed by atoms with Gasteiger partial charge in [-0.3, -0.25) is 9.59 Å². The van der Waals surface area contributed by atoms with Crippen LogP contribution in [0.5, 0.6) is 0 Å². The number of hydrogen-bond donors (Lipinski definition) is 3. The molecule has 2 atom stereocenters. The topological polar surface area (TPSA) is 95.9 Å². The van der Waals surface area contributed by atoms with Crippen molar-refractivity contribution >= 4 is 11.9 Å². The third kappa shape index (κ3) is 53.7. The van der Waals surface area contributed by atoms with Crippen molar-refractivity contribution in [3.63, 3.8) is 0 Å². The quantitative estimate of drug-likeness (QED) is 0.0321. The first-order chi connectivity index (χ1) is 33.5. The Morgan fingerprint density at radius 2 is 0.691 bits per heavy atom. The fraction of sp³-hybridized carbons (Fsp3) is 0.903. The molecule has 0 saturated heterocycles. The summed E-state index contributed by atoms with van der Waals surface area (Å²) in [6, 6.07) is -0.648. The van der Waals surface area contributed by atoms with E-state index in [1.165, 1.54) is 238 Å². The Morgan fingerprint density at radius 1 is 0.397 bits per heavy atom. The summed E-state index contributed by atoms with van der Waals surface area (Å²) in [5, 5.41) is 23.1. The highest BCUT2D eigenvalue weighted by Gasteiger charge is 2.18. The fourth-order valence-corrected chi connectivity index (χ4v) is 9.51. The van der Waals surface area contributed by atoms with Crippen molar-refractivity contribution in [3.05, 3.63) is 24.3 Å². The van der Waals surface area contributed by atoms with E-state index in [4.69, 9.17) is 4.74 Å². The van der Waals surface area contributed by atoms with Gasteiger partial charge in [-0.25, -0.2) is 0 Å². The number of esters is 1. The molecule has 0 aliphatic heterocycles. The Labute approximate surface area is 424 Å². The molecule has 0 aliphatic carbocycles. The van der Waals surface area contributed by atoms with Gasteiger partial charge >= 0.3 is 5.97 Å². The maximum atomic E-state index is 12.5. The van der Waals surface area contributed by atoms with Crippen LogP contribution in [-0.2, 0) is 14.3 Å². The van der Waals surface area contributed by atoms with Crippen molar-refractivity contribution in [1.82, 2.24) is 5.32 Å². The molecule has 6 nitrogen and oxygen atoms in total. The lowest BCUT2D eigenvalue weighted by Gasteiger charge is -2.19. The molecule has 0 bridgehead atoms. The molecular weight excluding hydrogens is 839 g/mol. The number of ether oxygens (including phenoxy) is 1. The second-order valence-corrected chi connectivity index (χ2v) is 21.0. The predicted octanol–water partition coefficient (Wildman–Crippen LogP) is 19.0. The molecule has 0 aliphatic rings. The monoisotopic (exact) mass is 958 g/mol. The Hall–Kier alpha value is -1.66. The normalized spacial score (nSPS) is 12.7. The van der Waals surface area contributed by atoms with Crippen LogP contribution >= 0.6 is 0 Å².